The first-order valence-corrected chi connectivity index (χ1v) is 11.6. The number of unbranched alkanes of at least 4 members (excludes halogenated alkanes) is 1. The number of thiol groups is 1. The van der Waals surface area contributed by atoms with E-state index in [0.717, 1.165) is 0 Å². The van der Waals surface area contributed by atoms with Gasteiger partial charge < -0.3 is 49.7 Å². The number of primary amides is 1. The smallest absolute Gasteiger partial charge is 0.326 e. The quantitative estimate of drug-likeness (QED) is 0.0361. The number of nitrogens with zero attached hydrogens (tertiary/aromatic N) is 1. The summed E-state index contributed by atoms with van der Waals surface area (Å²) in [5.74, 6) is -4.73. The number of nitrogens with one attached hydrogen (secondary N) is 3. The third-order valence-corrected chi connectivity index (χ3v) is 5.10. The number of carboxylic acids is 1. The van der Waals surface area contributed by atoms with E-state index in [4.69, 9.17) is 28.7 Å². The fraction of sp³-hybridized carbons (Fsp3) is 0.684. The summed E-state index contributed by atoms with van der Waals surface area (Å²) in [6.07, 6.45) is 0.835. The first-order valence-electron chi connectivity index (χ1n) is 11.0. The fourth-order valence-electron chi connectivity index (χ4n) is 2.84. The number of guanidine groups is 1. The van der Waals surface area contributed by atoms with Crippen molar-refractivity contribution in [3.8, 4) is 0 Å². The lowest BCUT2D eigenvalue weighted by molar-refractivity contribution is -0.142. The van der Waals surface area contributed by atoms with Crippen LogP contribution in [0.3, 0.4) is 0 Å². The molecule has 0 rings (SSSR count). The Labute approximate surface area is 208 Å². The molecular weight excluding hydrogens is 482 g/mol. The lowest BCUT2D eigenvalue weighted by Crippen LogP contribution is -2.57. The molecule has 0 aliphatic rings. The molecule has 0 spiro atoms. The molecule has 4 atom stereocenters. The van der Waals surface area contributed by atoms with Gasteiger partial charge in [-0.15, -0.1) is 0 Å². The largest absolute Gasteiger partial charge is 0.480 e. The molecule has 0 aromatic rings. The van der Waals surface area contributed by atoms with Crippen molar-refractivity contribution in [3.05, 3.63) is 0 Å². The van der Waals surface area contributed by atoms with E-state index in [2.05, 4.69) is 33.6 Å². The van der Waals surface area contributed by atoms with E-state index in [9.17, 15) is 29.1 Å². The molecule has 0 aliphatic carbocycles. The van der Waals surface area contributed by atoms with Gasteiger partial charge in [-0.05, 0) is 38.6 Å². The van der Waals surface area contributed by atoms with Gasteiger partial charge in [0.2, 0.25) is 23.6 Å². The van der Waals surface area contributed by atoms with E-state index in [1.165, 1.54) is 0 Å². The monoisotopic (exact) mass is 519 g/mol. The number of carbonyl (C=O) groups is 5. The highest BCUT2D eigenvalue weighted by molar-refractivity contribution is 7.80. The zero-order valence-electron chi connectivity index (χ0n) is 19.4. The Kier molecular flexibility index (Phi) is 15.8. The maximum absolute atomic E-state index is 12.9. The van der Waals surface area contributed by atoms with Gasteiger partial charge in [-0.3, -0.25) is 24.2 Å². The Bertz CT molecular complexity index is 763. The Hall–Kier alpha value is -3.11. The second-order valence-corrected chi connectivity index (χ2v) is 8.08. The van der Waals surface area contributed by atoms with Crippen LogP contribution in [0.5, 0.6) is 0 Å². The predicted molar refractivity (Wildman–Crippen MR) is 132 cm³/mol. The zero-order valence-corrected chi connectivity index (χ0v) is 20.3. The van der Waals surface area contributed by atoms with Crippen molar-refractivity contribution < 1.29 is 29.1 Å². The van der Waals surface area contributed by atoms with E-state index in [-0.39, 0.29) is 37.5 Å². The van der Waals surface area contributed by atoms with Gasteiger partial charge in [0.1, 0.15) is 18.1 Å². The number of aliphatic imine (C=N–C) groups is 1. The first-order chi connectivity index (χ1) is 16.4. The third kappa shape index (κ3) is 14.0. The summed E-state index contributed by atoms with van der Waals surface area (Å²) in [6, 6.07) is -4.90. The van der Waals surface area contributed by atoms with Gasteiger partial charge in [-0.1, -0.05) is 0 Å². The number of nitrogens with two attached hydrogens (primary N) is 5. The maximum atomic E-state index is 12.9. The minimum atomic E-state index is -1.48. The van der Waals surface area contributed by atoms with Crippen molar-refractivity contribution >= 4 is 48.2 Å². The summed E-state index contributed by atoms with van der Waals surface area (Å²) in [5, 5.41) is 16.5. The van der Waals surface area contributed by atoms with Crippen molar-refractivity contribution in [2.75, 3.05) is 18.8 Å². The maximum Gasteiger partial charge on any atom is 0.326 e. The normalized spacial score (nSPS) is 14.0. The molecule has 4 amide bonds. The Morgan fingerprint density at radius 2 is 1.37 bits per heavy atom. The highest BCUT2D eigenvalue weighted by atomic mass is 32.1. The highest BCUT2D eigenvalue weighted by Crippen LogP contribution is 2.05. The van der Waals surface area contributed by atoms with Crippen LogP contribution < -0.4 is 44.6 Å². The van der Waals surface area contributed by atoms with E-state index in [1.54, 1.807) is 0 Å². The van der Waals surface area contributed by atoms with Crippen LogP contribution in [0.25, 0.3) is 0 Å². The number of aliphatic carboxylic acids is 1. The number of rotatable bonds is 18. The van der Waals surface area contributed by atoms with E-state index in [1.807, 2.05) is 0 Å². The topological polar surface area (TPSA) is 284 Å². The average molecular weight is 520 g/mol. The van der Waals surface area contributed by atoms with Crippen LogP contribution >= 0.6 is 12.6 Å². The number of hydrogen-bond donors (Lipinski definition) is 10. The minimum absolute atomic E-state index is 0.0155. The van der Waals surface area contributed by atoms with Crippen molar-refractivity contribution in [1.82, 2.24) is 16.0 Å². The SMILES string of the molecule is NCCCCC(NC(=O)C(CC(N)=O)NC(=O)C(CCCN=C(N)N)NC(=O)C(N)CS)C(=O)O. The van der Waals surface area contributed by atoms with Crippen molar-refractivity contribution in [1.29, 1.82) is 0 Å². The van der Waals surface area contributed by atoms with E-state index >= 15 is 0 Å². The second kappa shape index (κ2) is 17.3. The highest BCUT2D eigenvalue weighted by Gasteiger charge is 2.30. The van der Waals surface area contributed by atoms with Crippen molar-refractivity contribution in [2.24, 2.45) is 33.7 Å². The minimum Gasteiger partial charge on any atom is -0.480 e. The molecule has 0 heterocycles. The molecule has 35 heavy (non-hydrogen) atoms. The van der Waals surface area contributed by atoms with E-state index < -0.39 is 60.2 Å². The van der Waals surface area contributed by atoms with E-state index in [0.29, 0.717) is 19.4 Å². The summed E-state index contributed by atoms with van der Waals surface area (Å²) < 4.78 is 0. The van der Waals surface area contributed by atoms with Crippen molar-refractivity contribution in [3.63, 3.8) is 0 Å². The van der Waals surface area contributed by atoms with Crippen molar-refractivity contribution in [2.45, 2.75) is 62.7 Å². The standard InChI is InChI=1S/C19H37N9O6S/c20-6-2-1-4-12(18(33)34)27-17(32)13(8-14(22)29)28-16(31)11(5-3-7-25-19(23)24)26-15(30)10(21)9-35/h10-13,35H,1-9,20-21H2,(H2,22,29)(H,26,30)(H,27,32)(H,28,31)(H,33,34)(H4,23,24,25). The molecule has 0 aromatic heterocycles. The average Bonchev–Trinajstić information content (AvgIpc) is 2.78. The Morgan fingerprint density at radius 3 is 1.89 bits per heavy atom. The molecule has 0 aliphatic heterocycles. The molecule has 14 N–H and O–H groups in total. The van der Waals surface area contributed by atoms with Crippen LogP contribution in [0.2, 0.25) is 0 Å². The molecule has 0 saturated heterocycles. The summed E-state index contributed by atoms with van der Waals surface area (Å²) >= 11 is 3.94. The van der Waals surface area contributed by atoms with Crippen LogP contribution in [0, 0.1) is 0 Å². The third-order valence-electron chi connectivity index (χ3n) is 4.71. The molecule has 0 radical (unpaired) electrons. The fourth-order valence-corrected chi connectivity index (χ4v) is 3.01. The van der Waals surface area contributed by atoms with Crippen LogP contribution in [-0.2, 0) is 24.0 Å². The number of hydrogen-bond acceptors (Lipinski definition) is 9. The summed E-state index contributed by atoms with van der Waals surface area (Å²) in [5.41, 5.74) is 26.8. The van der Waals surface area contributed by atoms with Crippen LogP contribution in [0.4, 0.5) is 0 Å². The lowest BCUT2D eigenvalue weighted by atomic mass is 10.1. The number of carbonyl (C=O) groups excluding carboxylic acids is 4. The van der Waals surface area contributed by atoms with Crippen LogP contribution in [0.15, 0.2) is 4.99 Å². The summed E-state index contributed by atoms with van der Waals surface area (Å²) in [4.78, 5) is 64.6. The molecule has 4 unspecified atom stereocenters. The molecule has 0 aromatic carbocycles. The van der Waals surface area contributed by atoms with Gasteiger partial charge in [0.05, 0.1) is 12.5 Å². The second-order valence-electron chi connectivity index (χ2n) is 7.71. The van der Waals surface area contributed by atoms with Crippen LogP contribution in [0.1, 0.15) is 38.5 Å². The first kappa shape index (κ1) is 31.9. The molecule has 200 valence electrons. The zero-order chi connectivity index (χ0) is 27.0. The Morgan fingerprint density at radius 1 is 0.829 bits per heavy atom. The lowest BCUT2D eigenvalue weighted by Gasteiger charge is -2.24. The van der Waals surface area contributed by atoms with Gasteiger partial charge in [-0.2, -0.15) is 12.6 Å². The number of carboxylic acid groups (broad SMARTS) is 1. The van der Waals surface area contributed by atoms with Gasteiger partial charge in [-0.25, -0.2) is 4.79 Å². The molecule has 15 nitrogen and oxygen atoms in total. The number of amides is 4. The molecular formula is C19H37N9O6S. The van der Waals surface area contributed by atoms with Crippen LogP contribution in [-0.4, -0.2) is 83.7 Å². The van der Waals surface area contributed by atoms with Gasteiger partial charge in [0, 0.05) is 12.3 Å². The summed E-state index contributed by atoms with van der Waals surface area (Å²) in [7, 11) is 0. The summed E-state index contributed by atoms with van der Waals surface area (Å²) in [6.45, 7) is 0.517. The molecule has 0 fully saturated rings. The van der Waals surface area contributed by atoms with Gasteiger partial charge in [0.25, 0.3) is 0 Å². The molecule has 0 saturated carbocycles. The Balaban J connectivity index is 5.51. The van der Waals surface area contributed by atoms with Gasteiger partial charge >= 0.3 is 5.97 Å². The van der Waals surface area contributed by atoms with Gasteiger partial charge in [0.15, 0.2) is 5.96 Å². The molecule has 0 bridgehead atoms. The molecule has 16 heteroatoms. The predicted octanol–water partition coefficient (Wildman–Crippen LogP) is -4.16.